The van der Waals surface area contributed by atoms with Crippen LogP contribution >= 0.6 is 23.2 Å². The molecule has 0 fully saturated rings. The van der Waals surface area contributed by atoms with Crippen molar-refractivity contribution in [2.24, 2.45) is 10.8 Å². The number of carbonyl (C=O) groups excluding carboxylic acids is 2. The van der Waals surface area contributed by atoms with Gasteiger partial charge in [0.1, 0.15) is 12.1 Å². The molecule has 0 saturated carbocycles. The molecule has 1 aromatic rings. The highest BCUT2D eigenvalue weighted by molar-refractivity contribution is 6.50. The minimum absolute atomic E-state index is 0.0754. The van der Waals surface area contributed by atoms with Gasteiger partial charge < -0.3 is 31.4 Å². The van der Waals surface area contributed by atoms with Crippen LogP contribution in [0.5, 0.6) is 0 Å². The lowest BCUT2D eigenvalue weighted by Crippen LogP contribution is -2.44. The number of nitrogens with zero attached hydrogens (tertiary/aromatic N) is 1. The average Bonchev–Trinajstić information content (AvgIpc) is 2.82. The van der Waals surface area contributed by atoms with E-state index in [1.807, 2.05) is 0 Å². The van der Waals surface area contributed by atoms with E-state index in [-0.39, 0.29) is 17.7 Å². The summed E-state index contributed by atoms with van der Waals surface area (Å²) in [5.74, 6) is -0.222. The fraction of sp³-hybridized carbons (Fsp3) is 0.286. The Kier molecular flexibility index (Phi) is 12.0. The molecule has 2 amide bonds. The van der Waals surface area contributed by atoms with Crippen LogP contribution in [0.3, 0.4) is 0 Å². The van der Waals surface area contributed by atoms with E-state index in [2.05, 4.69) is 21.1 Å². The van der Waals surface area contributed by atoms with E-state index in [1.54, 1.807) is 18.2 Å². The lowest BCUT2D eigenvalue weighted by molar-refractivity contribution is -0.192. The van der Waals surface area contributed by atoms with E-state index >= 15 is 0 Å². The molecule has 1 unspecified atom stereocenters. The van der Waals surface area contributed by atoms with Gasteiger partial charge in [0.05, 0.1) is 24.7 Å². The maximum Gasteiger partial charge on any atom is 0.490 e. The van der Waals surface area contributed by atoms with Crippen molar-refractivity contribution in [1.82, 2.24) is 16.1 Å². The van der Waals surface area contributed by atoms with Crippen molar-refractivity contribution >= 4 is 59.0 Å². The Bertz CT molecular complexity index is 1140. The van der Waals surface area contributed by atoms with Crippen LogP contribution in [0.15, 0.2) is 52.7 Å². The van der Waals surface area contributed by atoms with Crippen LogP contribution in [0.1, 0.15) is 23.2 Å². The summed E-state index contributed by atoms with van der Waals surface area (Å²) >= 11 is 12.0. The average molecular weight is 584 g/mol. The number of hydrogen-bond donors (Lipinski definition) is 7. The van der Waals surface area contributed by atoms with Crippen molar-refractivity contribution < 1.29 is 47.7 Å². The number of carboxylic acid groups (broad SMARTS) is 2. The number of rotatable bonds is 9. The van der Waals surface area contributed by atoms with Crippen molar-refractivity contribution in [3.63, 3.8) is 0 Å². The van der Waals surface area contributed by atoms with Crippen LogP contribution in [0.4, 0.5) is 18.9 Å². The molecule has 1 aromatic carbocycles. The largest absolute Gasteiger partial charge is 0.509 e. The molecule has 0 heterocycles. The first kappa shape index (κ1) is 32.2. The van der Waals surface area contributed by atoms with Crippen molar-refractivity contribution in [2.75, 3.05) is 6.54 Å². The number of allylic oxidation sites excluding steroid dienone is 3. The monoisotopic (exact) mass is 583 g/mol. The predicted octanol–water partition coefficient (Wildman–Crippen LogP) is 2.08. The van der Waals surface area contributed by atoms with Gasteiger partial charge in [0.15, 0.2) is 4.33 Å². The predicted molar refractivity (Wildman–Crippen MR) is 130 cm³/mol. The SMILES string of the molecule is NNC=Nc1cccc(C(=O)NCC(=O)NC(CC(=O)O)C2=CC=C(O)C(Cl)(Cl)C2)c1.O=C(O)C(F)(F)F. The highest BCUT2D eigenvalue weighted by Gasteiger charge is 2.38. The lowest BCUT2D eigenvalue weighted by Gasteiger charge is -2.28. The third-order valence-corrected chi connectivity index (χ3v) is 5.12. The van der Waals surface area contributed by atoms with Crippen LogP contribution in [-0.4, -0.2) is 68.5 Å². The van der Waals surface area contributed by atoms with Gasteiger partial charge in [-0.05, 0) is 29.8 Å². The molecule has 12 nitrogen and oxygen atoms in total. The summed E-state index contributed by atoms with van der Waals surface area (Å²) in [5.41, 5.74) is 3.41. The van der Waals surface area contributed by atoms with Gasteiger partial charge in [0.25, 0.3) is 5.91 Å². The summed E-state index contributed by atoms with van der Waals surface area (Å²) in [6, 6.07) is 5.39. The molecular weight excluding hydrogens is 562 g/mol. The van der Waals surface area contributed by atoms with Crippen LogP contribution in [0.25, 0.3) is 0 Å². The first-order chi connectivity index (χ1) is 17.6. The maximum absolute atomic E-state index is 12.3. The number of hydrazine groups is 1. The summed E-state index contributed by atoms with van der Waals surface area (Å²) in [4.78, 5) is 48.7. The number of carboxylic acids is 2. The molecular formula is C21H22Cl2F3N5O7. The van der Waals surface area contributed by atoms with Gasteiger partial charge in [-0.3, -0.25) is 14.4 Å². The molecule has 0 aromatic heterocycles. The van der Waals surface area contributed by atoms with Crippen LogP contribution in [0, 0.1) is 0 Å². The van der Waals surface area contributed by atoms with Gasteiger partial charge in [-0.25, -0.2) is 15.6 Å². The quantitative estimate of drug-likeness (QED) is 0.0746. The van der Waals surface area contributed by atoms with Gasteiger partial charge >= 0.3 is 18.1 Å². The zero-order valence-electron chi connectivity index (χ0n) is 19.1. The number of nitrogens with one attached hydrogen (secondary N) is 3. The Morgan fingerprint density at radius 3 is 2.34 bits per heavy atom. The molecule has 0 aliphatic heterocycles. The summed E-state index contributed by atoms with van der Waals surface area (Å²) in [6.45, 7) is -0.395. The maximum atomic E-state index is 12.3. The van der Waals surface area contributed by atoms with Crippen LogP contribution in [-0.2, 0) is 14.4 Å². The zero-order chi connectivity index (χ0) is 29.1. The minimum Gasteiger partial charge on any atom is -0.509 e. The van der Waals surface area contributed by atoms with E-state index in [9.17, 15) is 32.7 Å². The zero-order valence-corrected chi connectivity index (χ0v) is 20.6. The van der Waals surface area contributed by atoms with Crippen LogP contribution in [0.2, 0.25) is 0 Å². The standard InChI is InChI=1S/C19H21Cl2N5O5.C2HF3O2/c20-19(21)8-12(4-5-15(19)27)14(7-17(29)30)26-16(28)9-23-18(31)11-2-1-3-13(6-11)24-10-25-22;3-2(4,5)1(6)7/h1-6,10,14,27H,7-9,22H2,(H,23,31)(H,24,25)(H,26,28)(H,29,30);(H,6,7). The van der Waals surface area contributed by atoms with Gasteiger partial charge in [-0.1, -0.05) is 35.3 Å². The van der Waals surface area contributed by atoms with Gasteiger partial charge in [0.2, 0.25) is 5.91 Å². The molecule has 1 aliphatic carbocycles. The molecule has 0 radical (unpaired) electrons. The van der Waals surface area contributed by atoms with Crippen LogP contribution < -0.4 is 21.9 Å². The topological polar surface area (TPSA) is 203 Å². The first-order valence-electron chi connectivity index (χ1n) is 10.2. The van der Waals surface area contributed by atoms with Gasteiger partial charge in [-0.15, -0.1) is 0 Å². The van der Waals surface area contributed by atoms with E-state index < -0.39 is 53.3 Å². The number of nitrogens with two attached hydrogens (primary N) is 1. The van der Waals surface area contributed by atoms with E-state index in [0.717, 1.165) is 0 Å². The molecule has 17 heteroatoms. The number of halogens is 5. The molecule has 1 atom stereocenters. The van der Waals surface area contributed by atoms with E-state index in [0.29, 0.717) is 11.3 Å². The lowest BCUT2D eigenvalue weighted by atomic mass is 9.94. The number of aliphatic carboxylic acids is 2. The Balaban J connectivity index is 0.000000905. The van der Waals surface area contributed by atoms with Gasteiger partial charge in [-0.2, -0.15) is 13.2 Å². The minimum atomic E-state index is -5.08. The number of alkyl halides is 5. The van der Waals surface area contributed by atoms with Crippen molar-refractivity contribution in [1.29, 1.82) is 0 Å². The number of aliphatic hydroxyl groups excluding tert-OH is 1. The molecule has 38 heavy (non-hydrogen) atoms. The summed E-state index contributed by atoms with van der Waals surface area (Å²) in [6.07, 6.45) is -1.64. The fourth-order valence-electron chi connectivity index (χ4n) is 2.75. The Hall–Kier alpha value is -3.82. The smallest absolute Gasteiger partial charge is 0.490 e. The number of benzene rings is 1. The molecule has 0 bridgehead atoms. The molecule has 208 valence electrons. The van der Waals surface area contributed by atoms with Gasteiger partial charge in [0, 0.05) is 12.0 Å². The molecule has 1 aliphatic rings. The summed E-state index contributed by atoms with van der Waals surface area (Å²) in [5, 5.41) is 31.0. The second-order valence-electron chi connectivity index (χ2n) is 7.35. The number of hydrogen-bond acceptors (Lipinski definition) is 7. The molecule has 0 spiro atoms. The molecule has 0 saturated heterocycles. The third kappa shape index (κ3) is 11.1. The number of aliphatic imine (C=N–C) groups is 1. The number of carbonyl (C=O) groups is 4. The van der Waals surface area contributed by atoms with Crippen molar-refractivity contribution in [3.8, 4) is 0 Å². The summed E-state index contributed by atoms with van der Waals surface area (Å²) < 4.78 is 30.1. The first-order valence-corrected chi connectivity index (χ1v) is 11.0. The Labute approximate surface area is 223 Å². The van der Waals surface area contributed by atoms with Crippen molar-refractivity contribution in [3.05, 3.63) is 53.3 Å². The van der Waals surface area contributed by atoms with E-state index in [1.165, 1.54) is 24.6 Å². The summed E-state index contributed by atoms with van der Waals surface area (Å²) in [7, 11) is 0. The molecule has 2 rings (SSSR count). The second-order valence-corrected chi connectivity index (χ2v) is 8.84. The second kappa shape index (κ2) is 14.2. The third-order valence-electron chi connectivity index (χ3n) is 4.47. The highest BCUT2D eigenvalue weighted by atomic mass is 35.5. The number of amides is 2. The Morgan fingerprint density at radius 2 is 1.82 bits per heavy atom. The van der Waals surface area contributed by atoms with Crippen molar-refractivity contribution in [2.45, 2.75) is 29.4 Å². The molecule has 8 N–H and O–H groups in total. The number of aliphatic hydroxyl groups is 1. The highest BCUT2D eigenvalue weighted by Crippen LogP contribution is 2.39. The Morgan fingerprint density at radius 1 is 1.18 bits per heavy atom. The fourth-order valence-corrected chi connectivity index (χ4v) is 3.18. The van der Waals surface area contributed by atoms with E-state index in [4.69, 9.17) is 44.1 Å². The normalized spacial score (nSPS) is 15.2.